The predicted octanol–water partition coefficient (Wildman–Crippen LogP) is 6.80. The average Bonchev–Trinajstić information content (AvgIpc) is 3.60. The van der Waals surface area contributed by atoms with Crippen molar-refractivity contribution in [2.45, 2.75) is 6.54 Å². The molecule has 0 aliphatic rings. The molecule has 4 aromatic carbocycles. The number of hydrogen-bond acceptors (Lipinski definition) is 4. The quantitative estimate of drug-likeness (QED) is 0.230. The van der Waals surface area contributed by atoms with Gasteiger partial charge in [-0.1, -0.05) is 42.5 Å². The van der Waals surface area contributed by atoms with Crippen LogP contribution in [-0.2, 0) is 11.3 Å². The van der Waals surface area contributed by atoms with Crippen LogP contribution in [-0.4, -0.2) is 35.2 Å². The number of hydrogen-bond donors (Lipinski definition) is 0. The summed E-state index contributed by atoms with van der Waals surface area (Å²) < 4.78 is 14.0. The normalized spacial score (nSPS) is 11.1. The van der Waals surface area contributed by atoms with Crippen LogP contribution in [0.1, 0.15) is 26.3 Å². The maximum absolute atomic E-state index is 13.4. The third-order valence-electron chi connectivity index (χ3n) is 7.04. The number of carbonyl (C=O) groups is 2. The number of nitrogens with zero attached hydrogens (tertiary/aromatic N) is 2. The van der Waals surface area contributed by atoms with E-state index in [1.807, 2.05) is 48.7 Å². The van der Waals surface area contributed by atoms with Crippen molar-refractivity contribution in [2.24, 2.45) is 0 Å². The van der Waals surface area contributed by atoms with Crippen molar-refractivity contribution in [1.29, 1.82) is 0 Å². The molecule has 0 amide bonds. The van der Waals surface area contributed by atoms with Gasteiger partial charge in [0.2, 0.25) is 0 Å². The van der Waals surface area contributed by atoms with Gasteiger partial charge < -0.3 is 14.0 Å². The molecular weight excluding hydrogens is 488 g/mol. The van der Waals surface area contributed by atoms with Gasteiger partial charge in [0.15, 0.2) is 0 Å². The van der Waals surface area contributed by atoms with Gasteiger partial charge in [0.25, 0.3) is 5.91 Å². The summed E-state index contributed by atoms with van der Waals surface area (Å²) in [5, 5.41) is 2.12. The van der Waals surface area contributed by atoms with Crippen molar-refractivity contribution in [3.63, 3.8) is 0 Å². The Morgan fingerprint density at radius 3 is 2.15 bits per heavy atom. The highest BCUT2D eigenvalue weighted by Gasteiger charge is 2.14. The van der Waals surface area contributed by atoms with Crippen LogP contribution in [0.25, 0.3) is 32.9 Å². The van der Waals surface area contributed by atoms with E-state index in [0.29, 0.717) is 23.4 Å². The minimum Gasteiger partial charge on any atom is -0.497 e. The summed E-state index contributed by atoms with van der Waals surface area (Å²) in [6.07, 6.45) is 3.87. The molecule has 6 nitrogen and oxygen atoms in total. The summed E-state index contributed by atoms with van der Waals surface area (Å²) in [6.45, 7) is 0.620. The topological polar surface area (TPSA) is 62.5 Å². The van der Waals surface area contributed by atoms with E-state index in [4.69, 9.17) is 9.47 Å². The molecule has 0 radical (unpaired) electrons. The minimum absolute atomic E-state index is 0.112. The number of rotatable bonds is 6. The Morgan fingerprint density at radius 2 is 1.38 bits per heavy atom. The molecular formula is C33H26N2O4. The number of carbonyl (C=O) groups excluding carboxylic acids is 2. The average molecular weight is 515 g/mol. The van der Waals surface area contributed by atoms with Crippen molar-refractivity contribution in [3.8, 4) is 16.9 Å². The van der Waals surface area contributed by atoms with Gasteiger partial charge in [-0.25, -0.2) is 4.79 Å². The lowest BCUT2D eigenvalue weighted by Crippen LogP contribution is -2.10. The molecule has 192 valence electrons. The summed E-state index contributed by atoms with van der Waals surface area (Å²) in [6, 6.07) is 31.3. The smallest absolute Gasteiger partial charge is 0.337 e. The summed E-state index contributed by atoms with van der Waals surface area (Å²) in [5.41, 5.74) is 6.10. The number of esters is 1. The number of aromatic nitrogens is 2. The van der Waals surface area contributed by atoms with Crippen LogP contribution in [0.4, 0.5) is 0 Å². The number of fused-ring (bicyclic) bond motifs is 2. The summed E-state index contributed by atoms with van der Waals surface area (Å²) in [4.78, 5) is 25.3. The highest BCUT2D eigenvalue weighted by atomic mass is 16.5. The van der Waals surface area contributed by atoms with Gasteiger partial charge in [-0.3, -0.25) is 9.36 Å². The Labute approximate surface area is 225 Å². The molecule has 0 N–H and O–H groups in total. The van der Waals surface area contributed by atoms with Crippen molar-refractivity contribution in [3.05, 3.63) is 126 Å². The maximum atomic E-state index is 13.4. The van der Waals surface area contributed by atoms with Crippen LogP contribution in [0.5, 0.6) is 5.75 Å². The van der Waals surface area contributed by atoms with Gasteiger partial charge in [0.05, 0.1) is 25.3 Å². The van der Waals surface area contributed by atoms with Crippen molar-refractivity contribution in [2.75, 3.05) is 14.2 Å². The first-order valence-electron chi connectivity index (χ1n) is 12.6. The van der Waals surface area contributed by atoms with Crippen LogP contribution >= 0.6 is 0 Å². The molecule has 0 unspecified atom stereocenters. The number of ether oxygens (including phenoxy) is 2. The SMILES string of the molecule is COC(=O)c1cccc(Cn2ccc3ccc(-c4ccc5ccn(C(=O)c6cccc(OC)c6)c5c4)cc32)c1. The van der Waals surface area contributed by atoms with Crippen LogP contribution in [0.15, 0.2) is 109 Å². The number of benzene rings is 4. The molecule has 6 rings (SSSR count). The van der Waals surface area contributed by atoms with Crippen LogP contribution < -0.4 is 4.74 Å². The van der Waals surface area contributed by atoms with E-state index >= 15 is 0 Å². The van der Waals surface area contributed by atoms with E-state index in [2.05, 4.69) is 47.2 Å². The molecule has 39 heavy (non-hydrogen) atoms. The zero-order chi connectivity index (χ0) is 26.9. The summed E-state index contributed by atoms with van der Waals surface area (Å²) in [5.74, 6) is 0.187. The fourth-order valence-corrected chi connectivity index (χ4v) is 4.99. The van der Waals surface area contributed by atoms with Gasteiger partial charge in [-0.15, -0.1) is 0 Å². The highest BCUT2D eigenvalue weighted by molar-refractivity contribution is 6.03. The molecule has 0 atom stereocenters. The molecule has 0 bridgehead atoms. The molecule has 0 saturated heterocycles. The van der Waals surface area contributed by atoms with Gasteiger partial charge in [0.1, 0.15) is 5.75 Å². The Morgan fingerprint density at radius 1 is 0.692 bits per heavy atom. The van der Waals surface area contributed by atoms with Crippen molar-refractivity contribution in [1.82, 2.24) is 9.13 Å². The first-order chi connectivity index (χ1) is 19.0. The molecule has 2 aromatic heterocycles. The van der Waals surface area contributed by atoms with Crippen LogP contribution in [0, 0.1) is 0 Å². The molecule has 2 heterocycles. The van der Waals surface area contributed by atoms with E-state index < -0.39 is 0 Å². The fourth-order valence-electron chi connectivity index (χ4n) is 4.99. The van der Waals surface area contributed by atoms with E-state index in [9.17, 15) is 9.59 Å². The van der Waals surface area contributed by atoms with Gasteiger partial charge in [-0.05, 0) is 76.7 Å². The Bertz CT molecular complexity index is 1860. The molecule has 0 fully saturated rings. The van der Waals surface area contributed by atoms with Gasteiger partial charge in [0, 0.05) is 35.4 Å². The van der Waals surface area contributed by atoms with E-state index in [0.717, 1.165) is 38.5 Å². The monoisotopic (exact) mass is 514 g/mol. The first kappa shape index (κ1) is 24.2. The third kappa shape index (κ3) is 4.57. The predicted molar refractivity (Wildman–Crippen MR) is 152 cm³/mol. The second kappa shape index (κ2) is 9.99. The minimum atomic E-state index is -0.346. The fraction of sp³-hybridized carbons (Fsp3) is 0.0909. The van der Waals surface area contributed by atoms with E-state index in [-0.39, 0.29) is 11.9 Å². The number of methoxy groups -OCH3 is 2. The van der Waals surface area contributed by atoms with Crippen LogP contribution in [0.2, 0.25) is 0 Å². The maximum Gasteiger partial charge on any atom is 0.337 e. The third-order valence-corrected chi connectivity index (χ3v) is 7.04. The standard InChI is InChI=1S/C33H26N2O4/c1-38-29-8-4-6-27(18-29)32(36)35-16-14-24-10-12-26(20-31(24)35)25-11-9-23-13-15-34(30(23)19-25)21-22-5-3-7-28(17-22)33(37)39-2/h3-20H,21H2,1-2H3. The molecule has 0 spiro atoms. The Balaban J connectivity index is 1.35. The molecule has 6 heteroatoms. The van der Waals surface area contributed by atoms with E-state index in [1.165, 1.54) is 7.11 Å². The van der Waals surface area contributed by atoms with Gasteiger partial charge in [-0.2, -0.15) is 0 Å². The molecule has 0 aliphatic heterocycles. The largest absolute Gasteiger partial charge is 0.497 e. The molecule has 0 aliphatic carbocycles. The Hall–Kier alpha value is -5.10. The first-order valence-corrected chi connectivity index (χ1v) is 12.6. The second-order valence-electron chi connectivity index (χ2n) is 9.41. The Kier molecular flexibility index (Phi) is 6.21. The van der Waals surface area contributed by atoms with Crippen molar-refractivity contribution >= 4 is 33.7 Å². The molecule has 0 saturated carbocycles. The lowest BCUT2D eigenvalue weighted by atomic mass is 10.0. The summed E-state index contributed by atoms with van der Waals surface area (Å²) >= 11 is 0. The lowest BCUT2D eigenvalue weighted by molar-refractivity contribution is 0.0600. The summed E-state index contributed by atoms with van der Waals surface area (Å²) in [7, 11) is 2.98. The van der Waals surface area contributed by atoms with Gasteiger partial charge >= 0.3 is 5.97 Å². The van der Waals surface area contributed by atoms with Crippen LogP contribution in [0.3, 0.4) is 0 Å². The van der Waals surface area contributed by atoms with Crippen molar-refractivity contribution < 1.29 is 19.1 Å². The lowest BCUT2D eigenvalue weighted by Gasteiger charge is -2.10. The zero-order valence-corrected chi connectivity index (χ0v) is 21.6. The zero-order valence-electron chi connectivity index (χ0n) is 21.6. The molecule has 6 aromatic rings. The highest BCUT2D eigenvalue weighted by Crippen LogP contribution is 2.29. The second-order valence-corrected chi connectivity index (χ2v) is 9.41. The van der Waals surface area contributed by atoms with E-state index in [1.54, 1.807) is 29.9 Å².